The Hall–Kier alpha value is -2.78. The number of nitrogens with one attached hydrogen (secondary N) is 1. The number of hydrogen-bond acceptors (Lipinski definition) is 7. The van der Waals surface area contributed by atoms with Gasteiger partial charge >= 0.3 is 0 Å². The number of methoxy groups -OCH3 is 2. The van der Waals surface area contributed by atoms with Gasteiger partial charge in [0.2, 0.25) is 5.91 Å². The standard InChI is InChI=1S/C23H25N3O4S2/c1-4-11-26-22(28)20-15-7-5-6-8-18(15)32-21(20)25-23(26)31-13-19(27)24-14-9-10-16(29-2)17(12-14)30-3/h4,9-10,12H,1,5-8,11,13H2,2-3H3,(H,24,27). The average molecular weight is 472 g/mol. The zero-order chi connectivity index (χ0) is 22.7. The summed E-state index contributed by atoms with van der Waals surface area (Å²) >= 11 is 2.86. The number of thioether (sulfide) groups is 1. The van der Waals surface area contributed by atoms with Gasteiger partial charge in [0.05, 0.1) is 25.4 Å². The quantitative estimate of drug-likeness (QED) is 0.300. The maximum absolute atomic E-state index is 13.3. The zero-order valence-corrected chi connectivity index (χ0v) is 19.7. The second-order valence-corrected chi connectivity index (χ2v) is 9.42. The normalized spacial score (nSPS) is 12.9. The number of benzene rings is 1. The lowest BCUT2D eigenvalue weighted by Gasteiger charge is -2.13. The van der Waals surface area contributed by atoms with Crippen molar-refractivity contribution >= 4 is 44.9 Å². The number of ether oxygens (including phenoxy) is 2. The van der Waals surface area contributed by atoms with Gasteiger partial charge in [-0.25, -0.2) is 4.98 Å². The van der Waals surface area contributed by atoms with Crippen molar-refractivity contribution in [2.75, 3.05) is 25.3 Å². The summed E-state index contributed by atoms with van der Waals surface area (Å²) in [4.78, 5) is 32.7. The first-order chi connectivity index (χ1) is 15.5. The number of hydrogen-bond donors (Lipinski definition) is 1. The van der Waals surface area contributed by atoms with E-state index < -0.39 is 0 Å². The number of allylic oxidation sites excluding steroid dienone is 1. The van der Waals surface area contributed by atoms with Crippen LogP contribution in [-0.2, 0) is 24.2 Å². The van der Waals surface area contributed by atoms with Gasteiger partial charge in [-0.1, -0.05) is 17.8 Å². The van der Waals surface area contributed by atoms with Crippen molar-refractivity contribution in [2.24, 2.45) is 0 Å². The molecule has 0 spiro atoms. The average Bonchev–Trinajstić information content (AvgIpc) is 3.18. The number of anilines is 1. The summed E-state index contributed by atoms with van der Waals surface area (Å²) in [6, 6.07) is 5.19. The fourth-order valence-electron chi connectivity index (χ4n) is 3.86. The molecule has 168 valence electrons. The molecule has 2 aromatic heterocycles. The molecule has 32 heavy (non-hydrogen) atoms. The summed E-state index contributed by atoms with van der Waals surface area (Å²) in [5.74, 6) is 1.04. The minimum absolute atomic E-state index is 0.0444. The van der Waals surface area contributed by atoms with E-state index in [0.29, 0.717) is 28.9 Å². The van der Waals surface area contributed by atoms with E-state index in [1.807, 2.05) is 0 Å². The highest BCUT2D eigenvalue weighted by atomic mass is 32.2. The van der Waals surface area contributed by atoms with Gasteiger partial charge < -0.3 is 14.8 Å². The molecule has 0 bridgehead atoms. The Balaban J connectivity index is 1.56. The van der Waals surface area contributed by atoms with E-state index >= 15 is 0 Å². The molecule has 0 saturated carbocycles. The number of carbonyl (C=O) groups excluding carboxylic acids is 1. The third kappa shape index (κ3) is 4.40. The van der Waals surface area contributed by atoms with E-state index in [-0.39, 0.29) is 17.2 Å². The lowest BCUT2D eigenvalue weighted by atomic mass is 9.97. The lowest BCUT2D eigenvalue weighted by molar-refractivity contribution is -0.113. The Bertz CT molecular complexity index is 1230. The Kier molecular flexibility index (Phi) is 6.86. The van der Waals surface area contributed by atoms with Gasteiger partial charge in [0.25, 0.3) is 5.56 Å². The fourth-order valence-corrected chi connectivity index (χ4v) is 5.97. The Morgan fingerprint density at radius 1 is 1.28 bits per heavy atom. The van der Waals surface area contributed by atoms with Crippen molar-refractivity contribution in [1.82, 2.24) is 9.55 Å². The summed E-state index contributed by atoms with van der Waals surface area (Å²) in [6.07, 6.45) is 5.88. The number of carbonyl (C=O) groups is 1. The number of aryl methyl sites for hydroxylation is 2. The maximum Gasteiger partial charge on any atom is 0.263 e. The van der Waals surface area contributed by atoms with E-state index in [2.05, 4.69) is 11.9 Å². The Morgan fingerprint density at radius 3 is 2.81 bits per heavy atom. The third-order valence-corrected chi connectivity index (χ3v) is 7.51. The zero-order valence-electron chi connectivity index (χ0n) is 18.1. The second kappa shape index (κ2) is 9.79. The van der Waals surface area contributed by atoms with E-state index in [4.69, 9.17) is 14.5 Å². The molecule has 7 nitrogen and oxygen atoms in total. The highest BCUT2D eigenvalue weighted by Gasteiger charge is 2.22. The van der Waals surface area contributed by atoms with Crippen molar-refractivity contribution in [3.05, 3.63) is 51.6 Å². The molecule has 9 heteroatoms. The van der Waals surface area contributed by atoms with Gasteiger partial charge in [0.1, 0.15) is 4.83 Å². The molecule has 1 aliphatic carbocycles. The molecular formula is C23H25N3O4S2. The molecule has 1 amide bonds. The van der Waals surface area contributed by atoms with Crippen LogP contribution in [0.3, 0.4) is 0 Å². The number of thiophene rings is 1. The molecule has 1 N–H and O–H groups in total. The molecule has 0 fully saturated rings. The number of nitrogens with zero attached hydrogens (tertiary/aromatic N) is 2. The van der Waals surface area contributed by atoms with E-state index in [1.165, 1.54) is 16.6 Å². The highest BCUT2D eigenvalue weighted by Crippen LogP contribution is 2.35. The summed E-state index contributed by atoms with van der Waals surface area (Å²) in [5.41, 5.74) is 1.72. The van der Waals surface area contributed by atoms with E-state index in [0.717, 1.165) is 41.5 Å². The molecule has 2 heterocycles. The topological polar surface area (TPSA) is 82.5 Å². The van der Waals surface area contributed by atoms with Gasteiger partial charge in [0.15, 0.2) is 16.7 Å². The van der Waals surface area contributed by atoms with Gasteiger partial charge in [-0.15, -0.1) is 17.9 Å². The smallest absolute Gasteiger partial charge is 0.263 e. The van der Waals surface area contributed by atoms with Gasteiger partial charge in [-0.2, -0.15) is 0 Å². The maximum atomic E-state index is 13.3. The number of aromatic nitrogens is 2. The van der Waals surface area contributed by atoms with Crippen LogP contribution in [-0.4, -0.2) is 35.4 Å². The lowest BCUT2D eigenvalue weighted by Crippen LogP contribution is -2.24. The first kappa shape index (κ1) is 22.4. The molecule has 0 aliphatic heterocycles. The minimum atomic E-state index is -0.202. The van der Waals surface area contributed by atoms with Crippen LogP contribution in [0.2, 0.25) is 0 Å². The van der Waals surface area contributed by atoms with Crippen molar-refractivity contribution in [3.8, 4) is 11.5 Å². The van der Waals surface area contributed by atoms with Crippen molar-refractivity contribution < 1.29 is 14.3 Å². The van der Waals surface area contributed by atoms with Crippen LogP contribution in [0.1, 0.15) is 23.3 Å². The molecular weight excluding hydrogens is 446 g/mol. The van der Waals surface area contributed by atoms with Crippen molar-refractivity contribution in [3.63, 3.8) is 0 Å². The molecule has 1 aliphatic rings. The number of amides is 1. The molecule has 0 radical (unpaired) electrons. The molecule has 0 unspecified atom stereocenters. The van der Waals surface area contributed by atoms with E-state index in [1.54, 1.807) is 54.4 Å². The number of fused-ring (bicyclic) bond motifs is 3. The summed E-state index contributed by atoms with van der Waals surface area (Å²) in [7, 11) is 3.10. The first-order valence-corrected chi connectivity index (χ1v) is 12.2. The predicted octanol–water partition coefficient (Wildman–Crippen LogP) is 4.27. The molecule has 0 atom stereocenters. The SMILES string of the molecule is C=CCn1c(SCC(=O)Nc2ccc(OC)c(OC)c2)nc2sc3c(c2c1=O)CCCC3. The van der Waals surface area contributed by atoms with Crippen LogP contribution < -0.4 is 20.3 Å². The molecule has 3 aromatic rings. The van der Waals surface area contributed by atoms with Crippen LogP contribution in [0.25, 0.3) is 10.2 Å². The third-order valence-electron chi connectivity index (χ3n) is 5.35. The minimum Gasteiger partial charge on any atom is -0.493 e. The molecule has 1 aromatic carbocycles. The molecule has 4 rings (SSSR count). The van der Waals surface area contributed by atoms with Gasteiger partial charge in [0, 0.05) is 23.2 Å². The van der Waals surface area contributed by atoms with Crippen LogP contribution in [0.5, 0.6) is 11.5 Å². The summed E-state index contributed by atoms with van der Waals surface area (Å²) in [6.45, 7) is 4.13. The predicted molar refractivity (Wildman–Crippen MR) is 130 cm³/mol. The molecule has 0 saturated heterocycles. The Morgan fingerprint density at radius 2 is 2.06 bits per heavy atom. The first-order valence-electron chi connectivity index (χ1n) is 10.4. The van der Waals surface area contributed by atoms with Crippen LogP contribution in [0, 0.1) is 0 Å². The van der Waals surface area contributed by atoms with E-state index in [9.17, 15) is 9.59 Å². The summed E-state index contributed by atoms with van der Waals surface area (Å²) in [5, 5.41) is 4.13. The van der Waals surface area contributed by atoms with Crippen LogP contribution in [0.4, 0.5) is 5.69 Å². The van der Waals surface area contributed by atoms with Crippen LogP contribution in [0.15, 0.2) is 40.8 Å². The highest BCUT2D eigenvalue weighted by molar-refractivity contribution is 7.99. The largest absolute Gasteiger partial charge is 0.493 e. The summed E-state index contributed by atoms with van der Waals surface area (Å²) < 4.78 is 12.1. The monoisotopic (exact) mass is 471 g/mol. The fraction of sp³-hybridized carbons (Fsp3) is 0.348. The Labute approximate surface area is 194 Å². The van der Waals surface area contributed by atoms with Crippen molar-refractivity contribution in [2.45, 2.75) is 37.4 Å². The van der Waals surface area contributed by atoms with Gasteiger partial charge in [-0.3, -0.25) is 14.2 Å². The van der Waals surface area contributed by atoms with Crippen LogP contribution >= 0.6 is 23.1 Å². The van der Waals surface area contributed by atoms with Crippen molar-refractivity contribution in [1.29, 1.82) is 0 Å². The van der Waals surface area contributed by atoms with Gasteiger partial charge in [-0.05, 0) is 43.4 Å². The number of rotatable bonds is 8. The second-order valence-electron chi connectivity index (χ2n) is 7.40.